The van der Waals surface area contributed by atoms with Gasteiger partial charge in [0.25, 0.3) is 0 Å². The molecule has 1 atom stereocenters. The monoisotopic (exact) mass is 196 g/mol. The zero-order valence-corrected chi connectivity index (χ0v) is 9.12. The molecule has 0 saturated heterocycles. The summed E-state index contributed by atoms with van der Waals surface area (Å²) in [5, 5.41) is 0. The Morgan fingerprint density at radius 1 is 1.71 bits per heavy atom. The third-order valence-electron chi connectivity index (χ3n) is 2.50. The molecule has 0 aromatic carbocycles. The Bertz CT molecular complexity index is 233. The molecule has 14 heavy (non-hydrogen) atoms. The van der Waals surface area contributed by atoms with Crippen molar-refractivity contribution in [2.75, 3.05) is 13.1 Å². The first-order valence-corrected chi connectivity index (χ1v) is 5.28. The Morgan fingerprint density at radius 3 is 3.00 bits per heavy atom. The largest absolute Gasteiger partial charge is 0.338 e. The van der Waals surface area contributed by atoms with Crippen molar-refractivity contribution in [1.82, 2.24) is 4.90 Å². The highest BCUT2D eigenvalue weighted by Gasteiger charge is 2.15. The topological polar surface area (TPSA) is 46.3 Å². The predicted octanol–water partition coefficient (Wildman–Crippen LogP) is 1.29. The summed E-state index contributed by atoms with van der Waals surface area (Å²) in [4.78, 5) is 13.6. The quantitative estimate of drug-likeness (QED) is 0.691. The zero-order chi connectivity index (χ0) is 10.6. The maximum absolute atomic E-state index is 11.7. The normalized spacial score (nSPS) is 19.1. The Kier molecular flexibility index (Phi) is 4.14. The van der Waals surface area contributed by atoms with Gasteiger partial charge >= 0.3 is 0 Å². The summed E-state index contributed by atoms with van der Waals surface area (Å²) in [6, 6.07) is 0.125. The van der Waals surface area contributed by atoms with Crippen LogP contribution in [0.15, 0.2) is 11.6 Å². The third kappa shape index (κ3) is 3.50. The molecule has 3 nitrogen and oxygen atoms in total. The highest BCUT2D eigenvalue weighted by molar-refractivity contribution is 5.76. The van der Waals surface area contributed by atoms with Gasteiger partial charge in [0.05, 0.1) is 0 Å². The molecule has 0 aliphatic carbocycles. The van der Waals surface area contributed by atoms with Crippen LogP contribution in [0.4, 0.5) is 0 Å². The summed E-state index contributed by atoms with van der Waals surface area (Å²) in [6.07, 6.45) is 4.58. The van der Waals surface area contributed by atoms with Gasteiger partial charge in [-0.1, -0.05) is 11.6 Å². The van der Waals surface area contributed by atoms with Crippen molar-refractivity contribution in [3.63, 3.8) is 0 Å². The van der Waals surface area contributed by atoms with Crippen LogP contribution in [-0.2, 0) is 4.79 Å². The number of amides is 1. The van der Waals surface area contributed by atoms with Gasteiger partial charge in [-0.05, 0) is 26.7 Å². The molecule has 1 aliphatic heterocycles. The van der Waals surface area contributed by atoms with Gasteiger partial charge in [0, 0.05) is 25.6 Å². The molecule has 1 heterocycles. The van der Waals surface area contributed by atoms with E-state index in [1.807, 2.05) is 11.8 Å². The van der Waals surface area contributed by atoms with Gasteiger partial charge in [-0.15, -0.1) is 0 Å². The highest BCUT2D eigenvalue weighted by Crippen LogP contribution is 2.10. The van der Waals surface area contributed by atoms with Crippen LogP contribution in [0.5, 0.6) is 0 Å². The molecule has 3 heteroatoms. The smallest absolute Gasteiger partial charge is 0.222 e. The van der Waals surface area contributed by atoms with E-state index < -0.39 is 0 Å². The molecule has 2 N–H and O–H groups in total. The summed E-state index contributed by atoms with van der Waals surface area (Å²) in [5.74, 6) is 0.245. The molecule has 80 valence electrons. The van der Waals surface area contributed by atoms with Crippen LogP contribution in [0.25, 0.3) is 0 Å². The lowest BCUT2D eigenvalue weighted by Crippen LogP contribution is -2.36. The molecule has 0 saturated carbocycles. The second-order valence-electron chi connectivity index (χ2n) is 4.17. The van der Waals surface area contributed by atoms with Crippen LogP contribution >= 0.6 is 0 Å². The number of carbonyl (C=O) groups excluding carboxylic acids is 1. The van der Waals surface area contributed by atoms with E-state index in [0.29, 0.717) is 6.42 Å². The molecule has 0 aromatic rings. The second-order valence-corrected chi connectivity index (χ2v) is 4.17. The first kappa shape index (κ1) is 11.2. The van der Waals surface area contributed by atoms with Gasteiger partial charge in [0.1, 0.15) is 0 Å². The minimum atomic E-state index is 0.125. The minimum absolute atomic E-state index is 0.125. The summed E-state index contributed by atoms with van der Waals surface area (Å²) in [5.41, 5.74) is 6.91. The Morgan fingerprint density at radius 2 is 2.43 bits per heavy atom. The van der Waals surface area contributed by atoms with E-state index >= 15 is 0 Å². The van der Waals surface area contributed by atoms with Crippen molar-refractivity contribution in [3.8, 4) is 0 Å². The molecule has 1 amide bonds. The standard InChI is InChI=1S/C11H20N2O/c1-9-4-3-7-13(8-9)11(14)6-5-10(2)12/h4,10H,3,5-8,12H2,1-2H3. The van der Waals surface area contributed by atoms with E-state index in [-0.39, 0.29) is 11.9 Å². The lowest BCUT2D eigenvalue weighted by Gasteiger charge is -2.26. The number of nitrogens with two attached hydrogens (primary N) is 1. The lowest BCUT2D eigenvalue weighted by atomic mass is 10.1. The van der Waals surface area contributed by atoms with E-state index in [9.17, 15) is 4.79 Å². The molecule has 0 aromatic heterocycles. The molecular weight excluding hydrogens is 176 g/mol. The van der Waals surface area contributed by atoms with Crippen molar-refractivity contribution in [2.45, 2.75) is 39.2 Å². The number of rotatable bonds is 3. The molecular formula is C11H20N2O. The average Bonchev–Trinajstić information content (AvgIpc) is 2.14. The number of carbonyl (C=O) groups is 1. The van der Waals surface area contributed by atoms with Crippen LogP contribution in [0.2, 0.25) is 0 Å². The van der Waals surface area contributed by atoms with Gasteiger partial charge in [-0.2, -0.15) is 0 Å². The van der Waals surface area contributed by atoms with Crippen LogP contribution < -0.4 is 5.73 Å². The van der Waals surface area contributed by atoms with Crippen LogP contribution in [0.3, 0.4) is 0 Å². The van der Waals surface area contributed by atoms with Gasteiger partial charge in [-0.25, -0.2) is 0 Å². The maximum Gasteiger partial charge on any atom is 0.222 e. The van der Waals surface area contributed by atoms with Crippen LogP contribution in [0, 0.1) is 0 Å². The van der Waals surface area contributed by atoms with Crippen LogP contribution in [-0.4, -0.2) is 29.9 Å². The summed E-state index contributed by atoms with van der Waals surface area (Å²) >= 11 is 0. The average molecular weight is 196 g/mol. The zero-order valence-electron chi connectivity index (χ0n) is 9.12. The fourth-order valence-electron chi connectivity index (χ4n) is 1.63. The molecule has 0 spiro atoms. The number of hydrogen-bond acceptors (Lipinski definition) is 2. The predicted molar refractivity (Wildman–Crippen MR) is 57.8 cm³/mol. The summed E-state index contributed by atoms with van der Waals surface area (Å²) in [7, 11) is 0. The first-order valence-electron chi connectivity index (χ1n) is 5.28. The van der Waals surface area contributed by atoms with Gasteiger partial charge in [-0.3, -0.25) is 4.79 Å². The van der Waals surface area contributed by atoms with E-state index in [1.165, 1.54) is 5.57 Å². The molecule has 0 bridgehead atoms. The molecule has 1 aliphatic rings. The van der Waals surface area contributed by atoms with Crippen molar-refractivity contribution in [3.05, 3.63) is 11.6 Å². The fourth-order valence-corrected chi connectivity index (χ4v) is 1.63. The Hall–Kier alpha value is -0.830. The van der Waals surface area contributed by atoms with Gasteiger partial charge in [0.15, 0.2) is 0 Å². The van der Waals surface area contributed by atoms with Crippen molar-refractivity contribution >= 4 is 5.91 Å². The van der Waals surface area contributed by atoms with Crippen LogP contribution in [0.1, 0.15) is 33.1 Å². The molecule has 1 rings (SSSR count). The highest BCUT2D eigenvalue weighted by atomic mass is 16.2. The van der Waals surface area contributed by atoms with Gasteiger partial charge in [0.2, 0.25) is 5.91 Å². The van der Waals surface area contributed by atoms with Crippen molar-refractivity contribution in [2.24, 2.45) is 5.73 Å². The minimum Gasteiger partial charge on any atom is -0.338 e. The van der Waals surface area contributed by atoms with E-state index in [2.05, 4.69) is 13.0 Å². The number of nitrogens with zero attached hydrogens (tertiary/aromatic N) is 1. The van der Waals surface area contributed by atoms with Crippen molar-refractivity contribution in [1.29, 1.82) is 0 Å². The molecule has 1 unspecified atom stereocenters. The lowest BCUT2D eigenvalue weighted by molar-refractivity contribution is -0.131. The van der Waals surface area contributed by atoms with Crippen molar-refractivity contribution < 1.29 is 4.79 Å². The maximum atomic E-state index is 11.7. The second kappa shape index (κ2) is 5.15. The first-order chi connectivity index (χ1) is 6.59. The van der Waals surface area contributed by atoms with E-state index in [1.54, 1.807) is 0 Å². The van der Waals surface area contributed by atoms with E-state index in [0.717, 1.165) is 25.9 Å². The fraction of sp³-hybridized carbons (Fsp3) is 0.727. The number of hydrogen-bond donors (Lipinski definition) is 1. The molecule has 0 fully saturated rings. The summed E-state index contributed by atoms with van der Waals surface area (Å²) < 4.78 is 0. The van der Waals surface area contributed by atoms with E-state index in [4.69, 9.17) is 5.73 Å². The summed E-state index contributed by atoms with van der Waals surface area (Å²) in [6.45, 7) is 5.69. The third-order valence-corrected chi connectivity index (χ3v) is 2.50. The Balaban J connectivity index is 2.34. The molecule has 0 radical (unpaired) electrons. The SMILES string of the molecule is CC1=CCCN(C(=O)CCC(C)N)C1. The van der Waals surface area contributed by atoms with Gasteiger partial charge < -0.3 is 10.6 Å². The Labute approximate surface area is 86.0 Å².